The number of nitrogens with zero attached hydrogens (tertiary/aromatic N) is 4. The number of sulfonamides is 1. The maximum absolute atomic E-state index is 13.1. The van der Waals surface area contributed by atoms with Gasteiger partial charge in [0, 0.05) is 32.1 Å². The summed E-state index contributed by atoms with van der Waals surface area (Å²) in [4.78, 5) is 22.8. The molecule has 1 aliphatic heterocycles. The molecule has 37 heavy (non-hydrogen) atoms. The molecule has 2 aromatic heterocycles. The third-order valence-electron chi connectivity index (χ3n) is 6.69. The van der Waals surface area contributed by atoms with Gasteiger partial charge in [0.2, 0.25) is 10.0 Å². The molecule has 0 saturated carbocycles. The minimum atomic E-state index is -3.80. The Labute approximate surface area is 217 Å². The largest absolute Gasteiger partial charge is 0.493 e. The summed E-state index contributed by atoms with van der Waals surface area (Å²) in [6.07, 6.45) is 1.71. The summed E-state index contributed by atoms with van der Waals surface area (Å²) < 4.78 is 41.6. The number of rotatable bonds is 11. The number of hydrogen-bond acceptors (Lipinski definition) is 8. The number of imidazole rings is 1. The second kappa shape index (κ2) is 11.7. The third kappa shape index (κ3) is 5.87. The van der Waals surface area contributed by atoms with Crippen molar-refractivity contribution in [3.8, 4) is 17.1 Å². The van der Waals surface area contributed by atoms with E-state index in [0.29, 0.717) is 48.9 Å². The van der Waals surface area contributed by atoms with Gasteiger partial charge in [-0.3, -0.25) is 9.69 Å². The average Bonchev–Trinajstić information content (AvgIpc) is 3.22. The van der Waals surface area contributed by atoms with Crippen LogP contribution in [0.15, 0.2) is 27.9 Å². The van der Waals surface area contributed by atoms with E-state index in [9.17, 15) is 13.2 Å². The van der Waals surface area contributed by atoms with Gasteiger partial charge in [0.1, 0.15) is 11.6 Å². The highest BCUT2D eigenvalue weighted by molar-refractivity contribution is 7.89. The van der Waals surface area contributed by atoms with Gasteiger partial charge in [-0.05, 0) is 44.9 Å². The predicted octanol–water partition coefficient (Wildman–Crippen LogP) is 2.31. The number of aryl methyl sites for hydroxylation is 1. The van der Waals surface area contributed by atoms with Gasteiger partial charge in [-0.1, -0.05) is 13.8 Å². The fraction of sp³-hybridized carbons (Fsp3) is 0.560. The fourth-order valence-electron chi connectivity index (χ4n) is 4.62. The number of aromatic amines is 1. The summed E-state index contributed by atoms with van der Waals surface area (Å²) in [6, 6.07) is 4.59. The van der Waals surface area contributed by atoms with E-state index < -0.39 is 10.0 Å². The molecule has 0 unspecified atom stereocenters. The first kappa shape index (κ1) is 27.2. The molecule has 3 heterocycles. The van der Waals surface area contributed by atoms with Crippen LogP contribution in [0.3, 0.4) is 0 Å². The fourth-order valence-corrected chi connectivity index (χ4v) is 5.67. The average molecular weight is 533 g/mol. The number of morpholine rings is 1. The van der Waals surface area contributed by atoms with Crippen LogP contribution in [-0.4, -0.2) is 78.9 Å². The van der Waals surface area contributed by atoms with E-state index in [4.69, 9.17) is 14.6 Å². The van der Waals surface area contributed by atoms with E-state index in [-0.39, 0.29) is 28.7 Å². The summed E-state index contributed by atoms with van der Waals surface area (Å²) in [5.41, 5.74) is 1.04. The van der Waals surface area contributed by atoms with Crippen LogP contribution in [0.5, 0.6) is 5.75 Å². The lowest BCUT2D eigenvalue weighted by molar-refractivity contribution is 0.0390. The number of aromatic nitrogens is 4. The molecule has 4 rings (SSSR count). The van der Waals surface area contributed by atoms with Crippen molar-refractivity contribution in [2.24, 2.45) is 0 Å². The number of H-pyrrole nitrogens is 1. The molecular formula is C25H36N6O5S. The number of nitrogens with one attached hydrogen (secondary N) is 2. The Bertz CT molecular complexity index is 1390. The van der Waals surface area contributed by atoms with Crippen molar-refractivity contribution in [2.75, 3.05) is 46.0 Å². The van der Waals surface area contributed by atoms with Gasteiger partial charge in [0.15, 0.2) is 11.3 Å². The van der Waals surface area contributed by atoms with Gasteiger partial charge >= 0.3 is 0 Å². The van der Waals surface area contributed by atoms with Crippen molar-refractivity contribution in [1.29, 1.82) is 0 Å². The zero-order valence-corrected chi connectivity index (χ0v) is 22.7. The molecule has 0 radical (unpaired) electrons. The lowest BCUT2D eigenvalue weighted by atomic mass is 10.0. The van der Waals surface area contributed by atoms with Crippen molar-refractivity contribution in [3.05, 3.63) is 40.1 Å². The van der Waals surface area contributed by atoms with Crippen molar-refractivity contribution in [2.45, 2.75) is 51.3 Å². The normalized spacial score (nSPS) is 15.1. The van der Waals surface area contributed by atoms with Crippen molar-refractivity contribution in [3.63, 3.8) is 0 Å². The molecule has 0 atom stereocenters. The van der Waals surface area contributed by atoms with Gasteiger partial charge in [-0.25, -0.2) is 22.6 Å². The smallest absolute Gasteiger partial charge is 0.277 e. The molecule has 1 aromatic carbocycles. The molecule has 0 aliphatic carbocycles. The van der Waals surface area contributed by atoms with Gasteiger partial charge in [-0.15, -0.1) is 5.10 Å². The zero-order valence-electron chi connectivity index (χ0n) is 21.9. The maximum atomic E-state index is 13.1. The van der Waals surface area contributed by atoms with Crippen molar-refractivity contribution >= 4 is 15.5 Å². The SMILES string of the molecule is CCOc1ccc(S(=O)(=O)NCCN2CCOCC2)cc1-c1nn2c(C(CC)CC)nc(C)c2c(=O)[nH]1. The standard InChI is InChI=1S/C25H36N6O5S/c1-5-18(6-2)24-27-17(4)22-25(32)28-23(29-31(22)24)20-16-19(8-9-21(20)36-7-3)37(33,34)26-10-11-30-12-14-35-15-13-30/h8-9,16,18,26H,5-7,10-15H2,1-4H3,(H,28,29,32). The molecule has 3 aromatic rings. The first-order valence-corrected chi connectivity index (χ1v) is 14.3. The van der Waals surface area contributed by atoms with Gasteiger partial charge in [0.25, 0.3) is 5.56 Å². The number of benzene rings is 1. The Kier molecular flexibility index (Phi) is 8.63. The Balaban J connectivity index is 1.72. The van der Waals surface area contributed by atoms with E-state index in [1.807, 2.05) is 6.92 Å². The van der Waals surface area contributed by atoms with E-state index in [2.05, 4.69) is 33.4 Å². The minimum Gasteiger partial charge on any atom is -0.493 e. The van der Waals surface area contributed by atoms with Crippen LogP contribution in [0.25, 0.3) is 16.9 Å². The highest BCUT2D eigenvalue weighted by atomic mass is 32.2. The monoisotopic (exact) mass is 532 g/mol. The van der Waals surface area contributed by atoms with E-state index in [0.717, 1.165) is 31.8 Å². The van der Waals surface area contributed by atoms with Crippen molar-refractivity contribution < 1.29 is 17.9 Å². The molecule has 1 saturated heterocycles. The number of ether oxygens (including phenoxy) is 2. The molecule has 1 aliphatic rings. The second-order valence-electron chi connectivity index (χ2n) is 9.07. The first-order valence-electron chi connectivity index (χ1n) is 12.9. The molecule has 2 N–H and O–H groups in total. The van der Waals surface area contributed by atoms with Crippen LogP contribution < -0.4 is 15.0 Å². The summed E-state index contributed by atoms with van der Waals surface area (Å²) in [5.74, 6) is 1.50. The van der Waals surface area contributed by atoms with Crippen LogP contribution in [0.2, 0.25) is 0 Å². The Morgan fingerprint density at radius 1 is 1.19 bits per heavy atom. The summed E-state index contributed by atoms with van der Waals surface area (Å²) in [5, 5.41) is 4.72. The molecule has 202 valence electrons. The number of fused-ring (bicyclic) bond motifs is 1. The van der Waals surface area contributed by atoms with E-state index in [1.165, 1.54) is 12.1 Å². The Morgan fingerprint density at radius 3 is 2.59 bits per heavy atom. The number of hydrogen-bond donors (Lipinski definition) is 2. The van der Waals surface area contributed by atoms with E-state index >= 15 is 0 Å². The summed E-state index contributed by atoms with van der Waals surface area (Å²) >= 11 is 0. The predicted molar refractivity (Wildman–Crippen MR) is 141 cm³/mol. The molecule has 1 fully saturated rings. The van der Waals surface area contributed by atoms with Crippen LogP contribution in [0, 0.1) is 6.92 Å². The first-order chi connectivity index (χ1) is 17.8. The topological polar surface area (TPSA) is 131 Å². The van der Waals surface area contributed by atoms with Crippen molar-refractivity contribution in [1.82, 2.24) is 29.2 Å². The van der Waals surface area contributed by atoms with Crippen LogP contribution in [-0.2, 0) is 14.8 Å². The molecule has 11 nitrogen and oxygen atoms in total. The Morgan fingerprint density at radius 2 is 1.92 bits per heavy atom. The third-order valence-corrected chi connectivity index (χ3v) is 8.15. The molecule has 0 amide bonds. The molecule has 0 spiro atoms. The highest BCUT2D eigenvalue weighted by Gasteiger charge is 2.23. The van der Waals surface area contributed by atoms with Gasteiger partial charge < -0.3 is 14.5 Å². The van der Waals surface area contributed by atoms with E-state index in [1.54, 1.807) is 17.5 Å². The zero-order chi connectivity index (χ0) is 26.6. The van der Waals surface area contributed by atoms with Crippen LogP contribution >= 0.6 is 0 Å². The summed E-state index contributed by atoms with van der Waals surface area (Å²) in [7, 11) is -3.80. The van der Waals surface area contributed by atoms with Gasteiger partial charge in [0.05, 0.1) is 36.0 Å². The second-order valence-corrected chi connectivity index (χ2v) is 10.8. The summed E-state index contributed by atoms with van der Waals surface area (Å²) in [6.45, 7) is 11.9. The van der Waals surface area contributed by atoms with Crippen LogP contribution in [0.1, 0.15) is 51.0 Å². The molecule has 12 heteroatoms. The lowest BCUT2D eigenvalue weighted by Gasteiger charge is -2.26. The highest BCUT2D eigenvalue weighted by Crippen LogP contribution is 2.31. The maximum Gasteiger partial charge on any atom is 0.277 e. The lowest BCUT2D eigenvalue weighted by Crippen LogP contribution is -2.41. The molecule has 0 bridgehead atoms. The van der Waals surface area contributed by atoms with Gasteiger partial charge in [-0.2, -0.15) is 0 Å². The van der Waals surface area contributed by atoms with Crippen LogP contribution in [0.4, 0.5) is 0 Å². The Hall–Kier alpha value is -2.80. The molecular weight excluding hydrogens is 496 g/mol. The minimum absolute atomic E-state index is 0.0673. The quantitative estimate of drug-likeness (QED) is 0.385.